The number of carbonyl (C=O) groups is 1. The van der Waals surface area contributed by atoms with Gasteiger partial charge in [0.25, 0.3) is 0 Å². The zero-order valence-electron chi connectivity index (χ0n) is 12.5. The first-order valence-electron chi connectivity index (χ1n) is 7.52. The SMILES string of the molecule is CC(CN(CCN1CCCC1)c1cccc(F)c1)C(=O)O. The van der Waals surface area contributed by atoms with E-state index in [9.17, 15) is 9.18 Å². The molecule has 1 unspecified atom stereocenters. The number of hydrogen-bond donors (Lipinski definition) is 1. The monoisotopic (exact) mass is 294 g/mol. The van der Waals surface area contributed by atoms with Gasteiger partial charge in [-0.05, 0) is 44.1 Å². The number of likely N-dealkylation sites (tertiary alicyclic amines) is 1. The van der Waals surface area contributed by atoms with Crippen LogP contribution in [0.5, 0.6) is 0 Å². The van der Waals surface area contributed by atoms with Gasteiger partial charge >= 0.3 is 5.97 Å². The van der Waals surface area contributed by atoms with Crippen molar-refractivity contribution in [2.45, 2.75) is 19.8 Å². The predicted molar refractivity (Wildman–Crippen MR) is 81.1 cm³/mol. The standard InChI is InChI=1S/C16H23FN2O2/c1-13(16(20)21)12-19(10-9-18-7-2-3-8-18)15-6-4-5-14(17)11-15/h4-6,11,13H,2-3,7-10,12H2,1H3,(H,20,21). The Hall–Kier alpha value is -1.62. The Labute approximate surface area is 125 Å². The van der Waals surface area contributed by atoms with E-state index in [4.69, 9.17) is 5.11 Å². The van der Waals surface area contributed by atoms with Crippen molar-refractivity contribution in [2.75, 3.05) is 37.6 Å². The normalized spacial score (nSPS) is 16.9. The highest BCUT2D eigenvalue weighted by molar-refractivity contribution is 5.70. The van der Waals surface area contributed by atoms with Crippen LogP contribution in [0.1, 0.15) is 19.8 Å². The number of benzene rings is 1. The van der Waals surface area contributed by atoms with Gasteiger partial charge in [0.1, 0.15) is 5.82 Å². The van der Waals surface area contributed by atoms with E-state index in [-0.39, 0.29) is 5.82 Å². The molecule has 1 aromatic rings. The Morgan fingerprint density at radius 2 is 2.14 bits per heavy atom. The van der Waals surface area contributed by atoms with E-state index >= 15 is 0 Å². The molecule has 0 bridgehead atoms. The second-order valence-electron chi connectivity index (χ2n) is 5.71. The maximum absolute atomic E-state index is 13.4. The van der Waals surface area contributed by atoms with Crippen molar-refractivity contribution >= 4 is 11.7 Å². The maximum Gasteiger partial charge on any atom is 0.308 e. The van der Waals surface area contributed by atoms with Crippen LogP contribution in [0.15, 0.2) is 24.3 Å². The number of nitrogens with zero attached hydrogens (tertiary/aromatic N) is 2. The highest BCUT2D eigenvalue weighted by Crippen LogP contribution is 2.18. The second-order valence-corrected chi connectivity index (χ2v) is 5.71. The molecule has 0 aliphatic carbocycles. The number of carboxylic acids is 1. The topological polar surface area (TPSA) is 43.8 Å². The van der Waals surface area contributed by atoms with E-state index in [2.05, 4.69) is 4.90 Å². The quantitative estimate of drug-likeness (QED) is 0.839. The van der Waals surface area contributed by atoms with Gasteiger partial charge in [0.15, 0.2) is 0 Å². The van der Waals surface area contributed by atoms with Crippen LogP contribution in [0.2, 0.25) is 0 Å². The van der Waals surface area contributed by atoms with Crippen molar-refractivity contribution < 1.29 is 14.3 Å². The molecule has 4 nitrogen and oxygen atoms in total. The highest BCUT2D eigenvalue weighted by atomic mass is 19.1. The Kier molecular flexibility index (Phi) is 5.56. The minimum atomic E-state index is -0.822. The molecule has 1 aromatic carbocycles. The lowest BCUT2D eigenvalue weighted by Gasteiger charge is -2.28. The summed E-state index contributed by atoms with van der Waals surface area (Å²) in [7, 11) is 0. The Morgan fingerprint density at radius 3 is 2.76 bits per heavy atom. The lowest BCUT2D eigenvalue weighted by Crippen LogP contribution is -2.38. The lowest BCUT2D eigenvalue weighted by molar-refractivity contribution is -0.140. The summed E-state index contributed by atoms with van der Waals surface area (Å²) in [6, 6.07) is 6.38. The number of carboxylic acid groups (broad SMARTS) is 1. The Bertz CT molecular complexity index is 475. The largest absolute Gasteiger partial charge is 0.481 e. The van der Waals surface area contributed by atoms with Gasteiger partial charge in [-0.2, -0.15) is 0 Å². The molecule has 1 aliphatic rings. The molecule has 1 aliphatic heterocycles. The van der Waals surface area contributed by atoms with Crippen molar-refractivity contribution in [2.24, 2.45) is 5.92 Å². The minimum Gasteiger partial charge on any atom is -0.481 e. The van der Waals surface area contributed by atoms with Crippen molar-refractivity contribution in [1.82, 2.24) is 4.90 Å². The first-order chi connectivity index (χ1) is 10.1. The summed E-state index contributed by atoms with van der Waals surface area (Å²) in [5.74, 6) is -1.59. The molecule has 2 rings (SSSR count). The van der Waals surface area contributed by atoms with Crippen molar-refractivity contribution in [3.8, 4) is 0 Å². The summed E-state index contributed by atoms with van der Waals surface area (Å²) < 4.78 is 13.4. The lowest BCUT2D eigenvalue weighted by atomic mass is 10.1. The van der Waals surface area contributed by atoms with Crippen LogP contribution in [0.3, 0.4) is 0 Å². The molecule has 0 radical (unpaired) electrons. The first kappa shape index (κ1) is 15.8. The Balaban J connectivity index is 2.03. The summed E-state index contributed by atoms with van der Waals surface area (Å²) >= 11 is 0. The van der Waals surface area contributed by atoms with E-state index in [0.29, 0.717) is 6.54 Å². The van der Waals surface area contributed by atoms with Crippen LogP contribution in [0.25, 0.3) is 0 Å². The molecule has 1 fully saturated rings. The van der Waals surface area contributed by atoms with E-state index < -0.39 is 11.9 Å². The van der Waals surface area contributed by atoms with Crippen LogP contribution in [0.4, 0.5) is 10.1 Å². The van der Waals surface area contributed by atoms with Crippen LogP contribution < -0.4 is 4.90 Å². The first-order valence-corrected chi connectivity index (χ1v) is 7.52. The fraction of sp³-hybridized carbons (Fsp3) is 0.562. The molecule has 1 saturated heterocycles. The van der Waals surface area contributed by atoms with Gasteiger partial charge in [-0.1, -0.05) is 13.0 Å². The average molecular weight is 294 g/mol. The van der Waals surface area contributed by atoms with Crippen LogP contribution in [-0.4, -0.2) is 48.7 Å². The molecule has 0 spiro atoms. The fourth-order valence-corrected chi connectivity index (χ4v) is 2.68. The summed E-state index contributed by atoms with van der Waals surface area (Å²) in [6.45, 7) is 5.90. The molecule has 0 amide bonds. The molecule has 0 saturated carbocycles. The molecule has 1 atom stereocenters. The molecular formula is C16H23FN2O2. The van der Waals surface area contributed by atoms with Gasteiger partial charge in [0.2, 0.25) is 0 Å². The minimum absolute atomic E-state index is 0.290. The molecule has 116 valence electrons. The third kappa shape index (κ3) is 4.70. The van der Waals surface area contributed by atoms with Crippen molar-refractivity contribution in [3.05, 3.63) is 30.1 Å². The van der Waals surface area contributed by atoms with Crippen molar-refractivity contribution in [3.63, 3.8) is 0 Å². The zero-order chi connectivity index (χ0) is 15.2. The molecule has 1 heterocycles. The van der Waals surface area contributed by atoms with E-state index in [1.807, 2.05) is 11.0 Å². The number of rotatable bonds is 7. The smallest absolute Gasteiger partial charge is 0.308 e. The maximum atomic E-state index is 13.4. The van der Waals surface area contributed by atoms with Crippen molar-refractivity contribution in [1.29, 1.82) is 0 Å². The van der Waals surface area contributed by atoms with Gasteiger partial charge in [-0.15, -0.1) is 0 Å². The van der Waals surface area contributed by atoms with Gasteiger partial charge in [-0.3, -0.25) is 4.79 Å². The van der Waals surface area contributed by atoms with Crippen LogP contribution in [-0.2, 0) is 4.79 Å². The van der Waals surface area contributed by atoms with Gasteiger partial charge in [-0.25, -0.2) is 4.39 Å². The summed E-state index contributed by atoms with van der Waals surface area (Å²) in [5, 5.41) is 9.10. The third-order valence-corrected chi connectivity index (χ3v) is 3.97. The summed E-state index contributed by atoms with van der Waals surface area (Å²) in [5.41, 5.74) is 0.752. The van der Waals surface area contributed by atoms with Crippen LogP contribution in [0, 0.1) is 11.7 Å². The summed E-state index contributed by atoms with van der Waals surface area (Å²) in [6.07, 6.45) is 2.46. The number of halogens is 1. The highest BCUT2D eigenvalue weighted by Gasteiger charge is 2.19. The Morgan fingerprint density at radius 1 is 1.43 bits per heavy atom. The molecule has 1 N–H and O–H groups in total. The number of aliphatic carboxylic acids is 1. The molecule has 0 aromatic heterocycles. The van der Waals surface area contributed by atoms with Gasteiger partial charge in [0, 0.05) is 25.3 Å². The molecule has 5 heteroatoms. The average Bonchev–Trinajstić information content (AvgIpc) is 2.96. The predicted octanol–water partition coefficient (Wildman–Crippen LogP) is 2.45. The zero-order valence-corrected chi connectivity index (χ0v) is 12.5. The molecular weight excluding hydrogens is 271 g/mol. The fourth-order valence-electron chi connectivity index (χ4n) is 2.68. The van der Waals surface area contributed by atoms with E-state index in [1.54, 1.807) is 13.0 Å². The second kappa shape index (κ2) is 7.41. The van der Waals surface area contributed by atoms with Gasteiger partial charge in [0.05, 0.1) is 5.92 Å². The number of hydrogen-bond acceptors (Lipinski definition) is 3. The summed E-state index contributed by atoms with van der Waals surface area (Å²) in [4.78, 5) is 15.4. The van der Waals surface area contributed by atoms with E-state index in [0.717, 1.165) is 31.9 Å². The third-order valence-electron chi connectivity index (χ3n) is 3.97. The van der Waals surface area contributed by atoms with Gasteiger partial charge < -0.3 is 14.9 Å². The van der Waals surface area contributed by atoms with E-state index in [1.165, 1.54) is 25.0 Å². The van der Waals surface area contributed by atoms with Crippen LogP contribution >= 0.6 is 0 Å². The number of anilines is 1. The molecule has 21 heavy (non-hydrogen) atoms.